The summed E-state index contributed by atoms with van der Waals surface area (Å²) in [7, 11) is 0. The minimum absolute atomic E-state index is 0.0123. The summed E-state index contributed by atoms with van der Waals surface area (Å²) >= 11 is 0. The Labute approximate surface area is 448 Å². The van der Waals surface area contributed by atoms with Crippen molar-refractivity contribution >= 4 is 79.0 Å². The molecule has 6 heteroatoms. The highest BCUT2D eigenvalue weighted by Gasteiger charge is 2.44. The van der Waals surface area contributed by atoms with Crippen LogP contribution in [0.2, 0.25) is 0 Å². The van der Waals surface area contributed by atoms with Crippen molar-refractivity contribution in [3.63, 3.8) is 0 Å². The molecule has 2 aliphatic rings. The molecule has 2 aliphatic heterocycles. The Balaban J connectivity index is 1.15. The molecule has 0 amide bonds. The smallest absolute Gasteiger partial charge is 0.252 e. The summed E-state index contributed by atoms with van der Waals surface area (Å²) in [6.07, 6.45) is 6.56. The quantitative estimate of drug-likeness (QED) is 0.120. The van der Waals surface area contributed by atoms with Crippen LogP contribution in [0.15, 0.2) is 182 Å². The van der Waals surface area contributed by atoms with E-state index in [0.717, 1.165) is 88.8 Å². The fraction of sp³-hybridized carbons (Fsp3) is 0.229. The zero-order valence-corrected chi connectivity index (χ0v) is 45.2. The minimum Gasteiger partial charge on any atom is -0.311 e. The summed E-state index contributed by atoms with van der Waals surface area (Å²) in [5.41, 5.74) is 22.6. The van der Waals surface area contributed by atoms with Gasteiger partial charge in [0.05, 0.1) is 16.7 Å². The zero-order chi connectivity index (χ0) is 52.6. The zero-order valence-electron chi connectivity index (χ0n) is 45.2. The van der Waals surface area contributed by atoms with Crippen LogP contribution < -0.4 is 26.2 Å². The lowest BCUT2D eigenvalue weighted by atomic mass is 9.33. The average molecular weight is 998 g/mol. The van der Waals surface area contributed by atoms with E-state index in [1.165, 1.54) is 84.9 Å². The second-order valence-corrected chi connectivity index (χ2v) is 23.4. The van der Waals surface area contributed by atoms with Gasteiger partial charge in [-0.2, -0.15) is 0 Å². The van der Waals surface area contributed by atoms with Crippen molar-refractivity contribution < 1.29 is 8.78 Å². The summed E-state index contributed by atoms with van der Waals surface area (Å²) in [5.74, 6) is -1.21. The molecule has 12 rings (SSSR count). The summed E-state index contributed by atoms with van der Waals surface area (Å²) in [6, 6.07) is 64.9. The van der Waals surface area contributed by atoms with Gasteiger partial charge in [0.25, 0.3) is 6.71 Å². The van der Waals surface area contributed by atoms with Gasteiger partial charge in [0.1, 0.15) is 11.6 Å². The Morgan fingerprint density at radius 1 is 0.421 bits per heavy atom. The molecule has 0 atom stereocenters. The van der Waals surface area contributed by atoms with Crippen molar-refractivity contribution in [2.24, 2.45) is 0 Å². The predicted octanol–water partition coefficient (Wildman–Crippen LogP) is 17.8. The van der Waals surface area contributed by atoms with Crippen LogP contribution in [0.4, 0.5) is 42.9 Å². The number of hydrogen-bond donors (Lipinski definition) is 0. The number of benzene rings is 9. The van der Waals surface area contributed by atoms with Gasteiger partial charge in [-0.05, 0) is 177 Å². The maximum atomic E-state index is 14.9. The van der Waals surface area contributed by atoms with E-state index >= 15 is 0 Å². The SMILES string of the molecule is CCCCc1cc(N2c3ccccc3B3c4ccccc4N(c4cc(CCCC)cc(C(C)(C)C)c4)c4cc(-c5ccc6c(c5)c5ccccc5n6-c5ccccc5-c5cc(F)cc(F)c5)cc2c43)cc(C(C)(C)C)c1. The summed E-state index contributed by atoms with van der Waals surface area (Å²) in [6.45, 7) is 18.6. The molecule has 1 aromatic heterocycles. The van der Waals surface area contributed by atoms with Gasteiger partial charge < -0.3 is 14.4 Å². The molecule has 0 unspecified atom stereocenters. The molecule has 76 heavy (non-hydrogen) atoms. The molecule has 0 aliphatic carbocycles. The van der Waals surface area contributed by atoms with Gasteiger partial charge in [0.2, 0.25) is 0 Å². The molecule has 3 heterocycles. The van der Waals surface area contributed by atoms with Gasteiger partial charge in [-0.15, -0.1) is 0 Å². The first-order valence-electron chi connectivity index (χ1n) is 27.5. The third kappa shape index (κ3) is 8.60. The first kappa shape index (κ1) is 49.2. The number of rotatable bonds is 11. The Bertz CT molecular complexity index is 3730. The van der Waals surface area contributed by atoms with Crippen LogP contribution in [0.1, 0.15) is 103 Å². The molecule has 378 valence electrons. The molecule has 0 spiro atoms. The minimum atomic E-state index is -0.603. The van der Waals surface area contributed by atoms with Crippen LogP contribution >= 0.6 is 0 Å². The summed E-state index contributed by atoms with van der Waals surface area (Å²) in [4.78, 5) is 5.17. The van der Waals surface area contributed by atoms with Crippen LogP contribution in [0.5, 0.6) is 0 Å². The van der Waals surface area contributed by atoms with Crippen LogP contribution in [0.3, 0.4) is 0 Å². The predicted molar refractivity (Wildman–Crippen MR) is 320 cm³/mol. The maximum absolute atomic E-state index is 14.9. The van der Waals surface area contributed by atoms with Crippen LogP contribution in [-0.4, -0.2) is 11.3 Å². The second kappa shape index (κ2) is 19.1. The number of aryl methyl sites for hydroxylation is 2. The molecule has 0 fully saturated rings. The van der Waals surface area contributed by atoms with Crippen LogP contribution in [0.25, 0.3) is 49.7 Å². The van der Waals surface area contributed by atoms with Crippen LogP contribution in [-0.2, 0) is 23.7 Å². The molecule has 0 radical (unpaired) electrons. The van der Waals surface area contributed by atoms with Gasteiger partial charge >= 0.3 is 0 Å². The maximum Gasteiger partial charge on any atom is 0.252 e. The van der Waals surface area contributed by atoms with Gasteiger partial charge in [0.15, 0.2) is 0 Å². The van der Waals surface area contributed by atoms with E-state index in [2.05, 4.69) is 209 Å². The van der Waals surface area contributed by atoms with Crippen molar-refractivity contribution in [1.82, 2.24) is 4.57 Å². The third-order valence-electron chi connectivity index (χ3n) is 16.1. The number of aromatic nitrogens is 1. The molecule has 0 bridgehead atoms. The lowest BCUT2D eigenvalue weighted by molar-refractivity contribution is 0.584. The first-order valence-corrected chi connectivity index (χ1v) is 27.5. The van der Waals surface area contributed by atoms with Gasteiger partial charge in [-0.1, -0.05) is 159 Å². The Hall–Kier alpha value is -7.70. The highest BCUT2D eigenvalue weighted by Crippen LogP contribution is 2.48. The molecule has 10 aromatic rings. The second-order valence-electron chi connectivity index (χ2n) is 23.4. The molecular weight excluding hydrogens is 932 g/mol. The Kier molecular flexibility index (Phi) is 12.4. The fourth-order valence-electron chi connectivity index (χ4n) is 12.2. The highest BCUT2D eigenvalue weighted by molar-refractivity contribution is 7.00. The summed E-state index contributed by atoms with van der Waals surface area (Å²) in [5, 5.41) is 2.20. The molecular formula is C70H66BF2N3. The molecule has 0 saturated heterocycles. The van der Waals surface area contributed by atoms with E-state index in [1.807, 2.05) is 24.3 Å². The van der Waals surface area contributed by atoms with E-state index in [-0.39, 0.29) is 17.5 Å². The van der Waals surface area contributed by atoms with E-state index in [0.29, 0.717) is 5.56 Å². The largest absolute Gasteiger partial charge is 0.311 e. The van der Waals surface area contributed by atoms with E-state index < -0.39 is 11.6 Å². The van der Waals surface area contributed by atoms with Crippen molar-refractivity contribution in [3.05, 3.63) is 216 Å². The Morgan fingerprint density at radius 2 is 0.921 bits per heavy atom. The normalized spacial score (nSPS) is 13.1. The lowest BCUT2D eigenvalue weighted by Crippen LogP contribution is -2.61. The number of fused-ring (bicyclic) bond motifs is 7. The molecule has 9 aromatic carbocycles. The molecule has 0 saturated carbocycles. The van der Waals surface area contributed by atoms with Crippen molar-refractivity contribution in [3.8, 4) is 27.9 Å². The molecule has 0 N–H and O–H groups in total. The fourth-order valence-corrected chi connectivity index (χ4v) is 12.2. The monoisotopic (exact) mass is 998 g/mol. The number of halogens is 2. The van der Waals surface area contributed by atoms with Gasteiger partial charge in [-0.25, -0.2) is 8.78 Å². The van der Waals surface area contributed by atoms with E-state index in [4.69, 9.17) is 0 Å². The van der Waals surface area contributed by atoms with Crippen molar-refractivity contribution in [2.45, 2.75) is 105 Å². The van der Waals surface area contributed by atoms with Crippen LogP contribution in [0, 0.1) is 11.6 Å². The number of para-hydroxylation sites is 4. The van der Waals surface area contributed by atoms with Gasteiger partial charge in [0, 0.05) is 56.5 Å². The Morgan fingerprint density at radius 3 is 1.47 bits per heavy atom. The standard InChI is InChI=1S/C70H66BF2N3/c1-9-11-21-45-33-50(69(3,4)5)42-54(35-45)74-64-29-19-15-25-59(64)71-60-26-16-20-30-65(60)75(55-36-46(22-12-10-2)34-51(43-55)70(6,7)8)67-41-48(40-66(74)68(67)71)47-31-32-63-58(39-47)57-24-14-18-28-62(57)76(63)61-27-17-13-23-56(61)49-37-52(72)44-53(73)38-49/h13-20,23-44H,9-12,21-22H2,1-8H3. The number of hydrogen-bond acceptors (Lipinski definition) is 2. The highest BCUT2D eigenvalue weighted by atomic mass is 19.1. The third-order valence-corrected chi connectivity index (χ3v) is 16.1. The first-order chi connectivity index (χ1) is 36.7. The molecule has 3 nitrogen and oxygen atoms in total. The summed E-state index contributed by atoms with van der Waals surface area (Å²) < 4.78 is 32.0. The van der Waals surface area contributed by atoms with Crippen molar-refractivity contribution in [2.75, 3.05) is 9.80 Å². The topological polar surface area (TPSA) is 11.4 Å². The number of anilines is 6. The number of nitrogens with zero attached hydrogens (tertiary/aromatic N) is 3. The lowest BCUT2D eigenvalue weighted by Gasteiger charge is -2.45. The van der Waals surface area contributed by atoms with E-state index in [9.17, 15) is 8.78 Å². The average Bonchev–Trinajstić information content (AvgIpc) is 3.83. The van der Waals surface area contributed by atoms with Crippen molar-refractivity contribution in [1.29, 1.82) is 0 Å². The van der Waals surface area contributed by atoms with Gasteiger partial charge in [-0.3, -0.25) is 0 Å². The number of unbranched alkanes of at least 4 members (excludes halogenated alkanes) is 2. The van der Waals surface area contributed by atoms with E-state index in [1.54, 1.807) is 0 Å².